The summed E-state index contributed by atoms with van der Waals surface area (Å²) in [6.45, 7) is 2.22. The number of para-hydroxylation sites is 1. The Labute approximate surface area is 127 Å². The molecule has 0 aliphatic rings. The summed E-state index contributed by atoms with van der Waals surface area (Å²) in [7, 11) is 0. The molecule has 0 heterocycles. The molecule has 1 unspecified atom stereocenters. The number of nitrogens with two attached hydrogens (primary N) is 1. The van der Waals surface area contributed by atoms with Crippen molar-refractivity contribution in [1.82, 2.24) is 5.32 Å². The first kappa shape index (κ1) is 18.3. The van der Waals surface area contributed by atoms with Crippen LogP contribution in [0.4, 0.5) is 13.2 Å². The molecule has 1 rings (SSSR count). The van der Waals surface area contributed by atoms with E-state index in [1.54, 1.807) is 25.1 Å². The van der Waals surface area contributed by atoms with Crippen LogP contribution in [-0.4, -0.2) is 24.2 Å². The lowest BCUT2D eigenvalue weighted by atomic mass is 9.96. The zero-order valence-corrected chi connectivity index (χ0v) is 12.7. The number of benzene rings is 1. The molecular weight excluding hydrogens is 297 g/mol. The molecule has 22 heavy (non-hydrogen) atoms. The summed E-state index contributed by atoms with van der Waals surface area (Å²) < 4.78 is 41.4. The van der Waals surface area contributed by atoms with Crippen LogP contribution in [0.5, 0.6) is 5.75 Å². The Morgan fingerprint density at radius 2 is 1.95 bits per heavy atom. The highest BCUT2D eigenvalue weighted by atomic mass is 19.4. The Bertz CT molecular complexity index is 502. The standard InChI is InChI=1S/C15H21F3N2O2/c1-3-8-14(2,19)13(21)20-9-11-6-4-5-7-12(11)22-10-15(16,17)18/h4-7H,3,8-10,19H2,1-2H3,(H,20,21). The van der Waals surface area contributed by atoms with Gasteiger partial charge in [0.25, 0.3) is 0 Å². The van der Waals surface area contributed by atoms with Crippen molar-refractivity contribution in [3.05, 3.63) is 29.8 Å². The summed E-state index contributed by atoms with van der Waals surface area (Å²) in [5.74, 6) is -0.255. The van der Waals surface area contributed by atoms with Gasteiger partial charge >= 0.3 is 6.18 Å². The first-order chi connectivity index (χ1) is 10.2. The number of hydrogen-bond acceptors (Lipinski definition) is 3. The molecule has 1 aromatic carbocycles. The van der Waals surface area contributed by atoms with Gasteiger partial charge in [-0.1, -0.05) is 31.5 Å². The van der Waals surface area contributed by atoms with Gasteiger partial charge in [-0.3, -0.25) is 4.79 Å². The van der Waals surface area contributed by atoms with Gasteiger partial charge in [-0.25, -0.2) is 0 Å². The van der Waals surface area contributed by atoms with Gasteiger partial charge in [0.1, 0.15) is 5.75 Å². The van der Waals surface area contributed by atoms with Crippen LogP contribution >= 0.6 is 0 Å². The van der Waals surface area contributed by atoms with Gasteiger partial charge in [0.05, 0.1) is 5.54 Å². The minimum Gasteiger partial charge on any atom is -0.484 e. The molecule has 0 aromatic heterocycles. The van der Waals surface area contributed by atoms with E-state index in [2.05, 4.69) is 5.32 Å². The number of halogens is 3. The Kier molecular flexibility index (Phi) is 6.22. The molecule has 3 N–H and O–H groups in total. The van der Waals surface area contributed by atoms with Gasteiger partial charge in [0.2, 0.25) is 5.91 Å². The molecule has 1 amide bonds. The fourth-order valence-electron chi connectivity index (χ4n) is 1.96. The van der Waals surface area contributed by atoms with Crippen molar-refractivity contribution in [1.29, 1.82) is 0 Å². The van der Waals surface area contributed by atoms with E-state index < -0.39 is 18.3 Å². The molecule has 0 spiro atoms. The summed E-state index contributed by atoms with van der Waals surface area (Å²) in [6, 6.07) is 6.26. The van der Waals surface area contributed by atoms with Crippen LogP contribution < -0.4 is 15.8 Å². The summed E-state index contributed by atoms with van der Waals surface area (Å²) in [5, 5.41) is 2.64. The summed E-state index contributed by atoms with van der Waals surface area (Å²) in [5.41, 5.74) is 5.36. The quantitative estimate of drug-likeness (QED) is 0.812. The molecule has 0 radical (unpaired) electrons. The van der Waals surface area contributed by atoms with Crippen molar-refractivity contribution >= 4 is 5.91 Å². The van der Waals surface area contributed by atoms with Crippen molar-refractivity contribution in [3.8, 4) is 5.75 Å². The number of amides is 1. The van der Waals surface area contributed by atoms with Crippen LogP contribution in [0.15, 0.2) is 24.3 Å². The number of rotatable bonds is 7. The van der Waals surface area contributed by atoms with Gasteiger partial charge < -0.3 is 15.8 Å². The number of nitrogens with one attached hydrogen (secondary N) is 1. The maximum Gasteiger partial charge on any atom is 0.422 e. The molecule has 0 saturated heterocycles. The molecule has 0 bridgehead atoms. The van der Waals surface area contributed by atoms with Gasteiger partial charge in [-0.2, -0.15) is 13.2 Å². The first-order valence-corrected chi connectivity index (χ1v) is 7.00. The van der Waals surface area contributed by atoms with Crippen molar-refractivity contribution < 1.29 is 22.7 Å². The lowest BCUT2D eigenvalue weighted by Gasteiger charge is -2.23. The molecule has 7 heteroatoms. The van der Waals surface area contributed by atoms with Gasteiger partial charge in [0.15, 0.2) is 6.61 Å². The average Bonchev–Trinajstić information content (AvgIpc) is 2.42. The zero-order valence-electron chi connectivity index (χ0n) is 12.7. The Morgan fingerprint density at radius 3 is 2.55 bits per heavy atom. The molecule has 0 aliphatic carbocycles. The molecular formula is C15H21F3N2O2. The lowest BCUT2D eigenvalue weighted by Crippen LogP contribution is -2.51. The second-order valence-corrected chi connectivity index (χ2v) is 5.36. The van der Waals surface area contributed by atoms with Crippen LogP contribution in [0.2, 0.25) is 0 Å². The molecule has 1 aromatic rings. The minimum absolute atomic E-state index is 0.0589. The van der Waals surface area contributed by atoms with E-state index in [9.17, 15) is 18.0 Å². The molecule has 0 aliphatic heterocycles. The fourth-order valence-corrected chi connectivity index (χ4v) is 1.96. The molecule has 124 valence electrons. The highest BCUT2D eigenvalue weighted by molar-refractivity contribution is 5.85. The second-order valence-electron chi connectivity index (χ2n) is 5.36. The third kappa shape index (κ3) is 5.93. The van der Waals surface area contributed by atoms with E-state index in [0.29, 0.717) is 12.0 Å². The molecule has 0 fully saturated rings. The van der Waals surface area contributed by atoms with Crippen LogP contribution in [0.1, 0.15) is 32.3 Å². The molecule has 0 saturated carbocycles. The zero-order chi connectivity index (χ0) is 16.8. The SMILES string of the molecule is CCCC(C)(N)C(=O)NCc1ccccc1OCC(F)(F)F. The smallest absolute Gasteiger partial charge is 0.422 e. The van der Waals surface area contributed by atoms with E-state index in [1.165, 1.54) is 6.07 Å². The maximum atomic E-state index is 12.2. The van der Waals surface area contributed by atoms with Crippen LogP contribution in [-0.2, 0) is 11.3 Å². The third-order valence-corrected chi connectivity index (χ3v) is 3.09. The maximum absolute atomic E-state index is 12.2. The normalized spacial score (nSPS) is 14.3. The van der Waals surface area contributed by atoms with Gasteiger partial charge in [-0.05, 0) is 19.4 Å². The van der Waals surface area contributed by atoms with Crippen molar-refractivity contribution in [2.75, 3.05) is 6.61 Å². The molecule has 4 nitrogen and oxygen atoms in total. The number of hydrogen-bond donors (Lipinski definition) is 2. The number of alkyl halides is 3. The lowest BCUT2D eigenvalue weighted by molar-refractivity contribution is -0.153. The Hall–Kier alpha value is -1.76. The van der Waals surface area contributed by atoms with E-state index in [-0.39, 0.29) is 18.2 Å². The predicted octanol–water partition coefficient (Wildman–Crippen LogP) is 2.76. The van der Waals surface area contributed by atoms with Crippen molar-refractivity contribution in [2.24, 2.45) is 5.73 Å². The summed E-state index contributed by atoms with van der Waals surface area (Å²) >= 11 is 0. The van der Waals surface area contributed by atoms with Crippen molar-refractivity contribution in [2.45, 2.75) is 44.9 Å². The number of carbonyl (C=O) groups excluding carboxylic acids is 1. The minimum atomic E-state index is -4.41. The third-order valence-electron chi connectivity index (χ3n) is 3.09. The molecule has 1 atom stereocenters. The topological polar surface area (TPSA) is 64.4 Å². The predicted molar refractivity (Wildman–Crippen MR) is 77.3 cm³/mol. The van der Waals surface area contributed by atoms with Gasteiger partial charge in [0, 0.05) is 12.1 Å². The summed E-state index contributed by atoms with van der Waals surface area (Å²) in [4.78, 5) is 12.0. The van der Waals surface area contributed by atoms with E-state index >= 15 is 0 Å². The summed E-state index contributed by atoms with van der Waals surface area (Å²) in [6.07, 6.45) is -3.13. The second kappa shape index (κ2) is 7.49. The monoisotopic (exact) mass is 318 g/mol. The average molecular weight is 318 g/mol. The van der Waals surface area contributed by atoms with Gasteiger partial charge in [-0.15, -0.1) is 0 Å². The largest absolute Gasteiger partial charge is 0.484 e. The Morgan fingerprint density at radius 1 is 1.32 bits per heavy atom. The van der Waals surface area contributed by atoms with E-state index in [4.69, 9.17) is 10.5 Å². The first-order valence-electron chi connectivity index (χ1n) is 7.00. The number of ether oxygens (including phenoxy) is 1. The van der Waals surface area contributed by atoms with Crippen LogP contribution in [0.3, 0.4) is 0 Å². The highest BCUT2D eigenvalue weighted by Crippen LogP contribution is 2.22. The number of carbonyl (C=O) groups is 1. The highest BCUT2D eigenvalue weighted by Gasteiger charge is 2.29. The Balaban J connectivity index is 2.68. The van der Waals surface area contributed by atoms with Crippen LogP contribution in [0.25, 0.3) is 0 Å². The van der Waals surface area contributed by atoms with E-state index in [0.717, 1.165) is 6.42 Å². The fraction of sp³-hybridized carbons (Fsp3) is 0.533. The van der Waals surface area contributed by atoms with Crippen molar-refractivity contribution in [3.63, 3.8) is 0 Å². The van der Waals surface area contributed by atoms with E-state index in [1.807, 2.05) is 6.92 Å². The van der Waals surface area contributed by atoms with Crippen LogP contribution in [0, 0.1) is 0 Å².